The van der Waals surface area contributed by atoms with Crippen LogP contribution in [0.3, 0.4) is 0 Å². The SMILES string of the molecule is COc1cc(C#N)c(I)c2ccsc12. The van der Waals surface area contributed by atoms with Crippen molar-refractivity contribution < 1.29 is 4.74 Å². The summed E-state index contributed by atoms with van der Waals surface area (Å²) >= 11 is 3.83. The van der Waals surface area contributed by atoms with Crippen LogP contribution >= 0.6 is 33.9 Å². The summed E-state index contributed by atoms with van der Waals surface area (Å²) in [5, 5.41) is 12.0. The van der Waals surface area contributed by atoms with E-state index in [0.29, 0.717) is 5.56 Å². The van der Waals surface area contributed by atoms with Gasteiger partial charge in [0, 0.05) is 15.0 Å². The van der Waals surface area contributed by atoms with E-state index >= 15 is 0 Å². The lowest BCUT2D eigenvalue weighted by atomic mass is 10.2. The van der Waals surface area contributed by atoms with Crippen LogP contribution < -0.4 is 4.74 Å². The molecule has 1 aromatic carbocycles. The molecule has 0 amide bonds. The minimum Gasteiger partial charge on any atom is -0.495 e. The fourth-order valence-corrected chi connectivity index (χ4v) is 3.12. The molecule has 1 aromatic heterocycles. The summed E-state index contributed by atoms with van der Waals surface area (Å²) in [6, 6.07) is 5.98. The van der Waals surface area contributed by atoms with E-state index in [1.165, 1.54) is 0 Å². The topological polar surface area (TPSA) is 33.0 Å². The Kier molecular flexibility index (Phi) is 2.61. The molecule has 0 aliphatic carbocycles. The van der Waals surface area contributed by atoms with Gasteiger partial charge < -0.3 is 4.74 Å². The van der Waals surface area contributed by atoms with Crippen molar-refractivity contribution in [2.75, 3.05) is 7.11 Å². The summed E-state index contributed by atoms with van der Waals surface area (Å²) in [7, 11) is 1.63. The first kappa shape index (κ1) is 9.74. The van der Waals surface area contributed by atoms with Crippen molar-refractivity contribution in [2.45, 2.75) is 0 Å². The predicted octanol–water partition coefficient (Wildman–Crippen LogP) is 3.39. The van der Waals surface area contributed by atoms with Crippen LogP contribution in [-0.2, 0) is 0 Å². The van der Waals surface area contributed by atoms with Gasteiger partial charge >= 0.3 is 0 Å². The Bertz CT molecular complexity index is 527. The maximum atomic E-state index is 8.93. The molecule has 0 N–H and O–H groups in total. The molecule has 0 aliphatic rings. The zero-order valence-corrected chi connectivity index (χ0v) is 10.3. The molecule has 0 saturated carbocycles. The molecule has 2 aromatic rings. The third-order valence-electron chi connectivity index (χ3n) is 1.98. The number of halogens is 1. The van der Waals surface area contributed by atoms with E-state index in [0.717, 1.165) is 19.4 Å². The number of methoxy groups -OCH3 is 1. The van der Waals surface area contributed by atoms with E-state index in [9.17, 15) is 0 Å². The molecule has 0 bridgehead atoms. The van der Waals surface area contributed by atoms with Gasteiger partial charge in [0.05, 0.1) is 17.4 Å². The third kappa shape index (κ3) is 1.37. The molecule has 0 unspecified atom stereocenters. The molecule has 4 heteroatoms. The van der Waals surface area contributed by atoms with Gasteiger partial charge in [0.15, 0.2) is 0 Å². The average molecular weight is 315 g/mol. The van der Waals surface area contributed by atoms with E-state index in [1.807, 2.05) is 11.4 Å². The highest BCUT2D eigenvalue weighted by atomic mass is 127. The number of thiophene rings is 1. The molecule has 14 heavy (non-hydrogen) atoms. The van der Waals surface area contributed by atoms with Gasteiger partial charge in [-0.2, -0.15) is 5.26 Å². The highest BCUT2D eigenvalue weighted by Crippen LogP contribution is 2.35. The lowest BCUT2D eigenvalue weighted by Gasteiger charge is -2.04. The summed E-state index contributed by atoms with van der Waals surface area (Å²) in [4.78, 5) is 0. The second kappa shape index (κ2) is 3.75. The number of fused-ring (bicyclic) bond motifs is 1. The van der Waals surface area contributed by atoms with E-state index in [2.05, 4.69) is 28.7 Å². The first-order valence-corrected chi connectivity index (χ1v) is 5.87. The Labute approximate surface area is 99.3 Å². The number of ether oxygens (including phenoxy) is 1. The highest BCUT2D eigenvalue weighted by Gasteiger charge is 2.11. The zero-order chi connectivity index (χ0) is 10.1. The number of hydrogen-bond donors (Lipinski definition) is 0. The number of rotatable bonds is 1. The number of benzene rings is 1. The maximum Gasteiger partial charge on any atom is 0.138 e. The number of nitrogens with zero attached hydrogens (tertiary/aromatic N) is 1. The van der Waals surface area contributed by atoms with Gasteiger partial charge in [0.2, 0.25) is 0 Å². The Hall–Kier alpha value is -0.800. The largest absolute Gasteiger partial charge is 0.495 e. The molecule has 0 fully saturated rings. The smallest absolute Gasteiger partial charge is 0.138 e. The predicted molar refractivity (Wildman–Crippen MR) is 65.8 cm³/mol. The van der Waals surface area contributed by atoms with Crippen molar-refractivity contribution in [1.82, 2.24) is 0 Å². The van der Waals surface area contributed by atoms with Crippen molar-refractivity contribution in [2.24, 2.45) is 0 Å². The van der Waals surface area contributed by atoms with E-state index in [4.69, 9.17) is 10.00 Å². The van der Waals surface area contributed by atoms with Crippen molar-refractivity contribution >= 4 is 44.0 Å². The lowest BCUT2D eigenvalue weighted by Crippen LogP contribution is -1.88. The van der Waals surface area contributed by atoms with Crippen LogP contribution in [0.25, 0.3) is 10.1 Å². The van der Waals surface area contributed by atoms with Crippen LogP contribution in [0.15, 0.2) is 17.5 Å². The lowest BCUT2D eigenvalue weighted by molar-refractivity contribution is 0.420. The summed E-state index contributed by atoms with van der Waals surface area (Å²) < 4.78 is 7.35. The van der Waals surface area contributed by atoms with E-state index in [-0.39, 0.29) is 0 Å². The monoisotopic (exact) mass is 315 g/mol. The van der Waals surface area contributed by atoms with Crippen LogP contribution in [0.4, 0.5) is 0 Å². The molecule has 0 aliphatic heterocycles. The minimum absolute atomic E-state index is 0.674. The normalized spacial score (nSPS) is 10.1. The Balaban J connectivity index is 2.89. The molecule has 70 valence electrons. The van der Waals surface area contributed by atoms with Crippen LogP contribution in [-0.4, -0.2) is 7.11 Å². The minimum atomic E-state index is 0.674. The van der Waals surface area contributed by atoms with Gasteiger partial charge in [-0.05, 0) is 34.0 Å². The molecule has 0 spiro atoms. The average Bonchev–Trinajstić information content (AvgIpc) is 2.68. The van der Waals surface area contributed by atoms with Crippen LogP contribution in [0, 0.1) is 14.9 Å². The first-order valence-electron chi connectivity index (χ1n) is 3.91. The van der Waals surface area contributed by atoms with Crippen molar-refractivity contribution in [3.63, 3.8) is 0 Å². The second-order valence-electron chi connectivity index (χ2n) is 2.72. The Morgan fingerprint density at radius 2 is 2.36 bits per heavy atom. The number of nitriles is 1. The van der Waals surface area contributed by atoms with Gasteiger partial charge in [0.25, 0.3) is 0 Å². The Morgan fingerprint density at radius 3 is 3.00 bits per heavy atom. The van der Waals surface area contributed by atoms with Crippen molar-refractivity contribution in [3.05, 3.63) is 26.6 Å². The zero-order valence-electron chi connectivity index (χ0n) is 7.37. The van der Waals surface area contributed by atoms with Gasteiger partial charge in [-0.25, -0.2) is 0 Å². The van der Waals surface area contributed by atoms with Gasteiger partial charge in [-0.15, -0.1) is 11.3 Å². The van der Waals surface area contributed by atoms with E-state index in [1.54, 1.807) is 24.5 Å². The molecule has 0 radical (unpaired) electrons. The van der Waals surface area contributed by atoms with Crippen LogP contribution in [0.1, 0.15) is 5.56 Å². The van der Waals surface area contributed by atoms with Gasteiger partial charge in [0.1, 0.15) is 11.8 Å². The molecule has 2 nitrogen and oxygen atoms in total. The van der Waals surface area contributed by atoms with Crippen molar-refractivity contribution in [1.29, 1.82) is 5.26 Å². The quantitative estimate of drug-likeness (QED) is 0.756. The van der Waals surface area contributed by atoms with E-state index < -0.39 is 0 Å². The number of hydrogen-bond acceptors (Lipinski definition) is 3. The fraction of sp³-hybridized carbons (Fsp3) is 0.100. The van der Waals surface area contributed by atoms with Gasteiger partial charge in [-0.1, -0.05) is 0 Å². The summed E-state index contributed by atoms with van der Waals surface area (Å²) in [6.07, 6.45) is 0. The highest BCUT2D eigenvalue weighted by molar-refractivity contribution is 14.1. The third-order valence-corrected chi connectivity index (χ3v) is 4.07. The standard InChI is InChI=1S/C10H6INOS/c1-13-8-4-6(5-12)9(11)7-2-3-14-10(7)8/h2-4H,1H3. The molecular formula is C10H6INOS. The molecule has 1 heterocycles. The Morgan fingerprint density at radius 1 is 1.57 bits per heavy atom. The molecule has 2 rings (SSSR count). The molecular weight excluding hydrogens is 309 g/mol. The summed E-state index contributed by atoms with van der Waals surface area (Å²) in [5.74, 6) is 0.784. The summed E-state index contributed by atoms with van der Waals surface area (Å²) in [5.41, 5.74) is 0.674. The fourth-order valence-electron chi connectivity index (χ4n) is 1.31. The molecule has 0 saturated heterocycles. The maximum absolute atomic E-state index is 8.93. The van der Waals surface area contributed by atoms with Gasteiger partial charge in [-0.3, -0.25) is 0 Å². The molecule has 0 atom stereocenters. The second-order valence-corrected chi connectivity index (χ2v) is 4.71. The van der Waals surface area contributed by atoms with Crippen molar-refractivity contribution in [3.8, 4) is 11.8 Å². The van der Waals surface area contributed by atoms with Crippen LogP contribution in [0.5, 0.6) is 5.75 Å². The first-order chi connectivity index (χ1) is 6.77. The van der Waals surface area contributed by atoms with Crippen LogP contribution in [0.2, 0.25) is 0 Å². The summed E-state index contributed by atoms with van der Waals surface area (Å²) in [6.45, 7) is 0.